The molecule has 0 bridgehead atoms. The molecule has 0 heterocycles. The summed E-state index contributed by atoms with van der Waals surface area (Å²) in [6, 6.07) is 0. The lowest BCUT2D eigenvalue weighted by atomic mass is 9.66. The monoisotopic (exact) mass is 188 g/mol. The van der Waals surface area contributed by atoms with Gasteiger partial charge in [0.25, 0.3) is 0 Å². The first-order chi connectivity index (χ1) is 5.14. The zero-order chi connectivity index (χ0) is 10.2. The van der Waals surface area contributed by atoms with Crippen LogP contribution in [-0.2, 0) is 0 Å². The summed E-state index contributed by atoms with van der Waals surface area (Å²) < 4.78 is 0.112. The van der Waals surface area contributed by atoms with Gasteiger partial charge in [-0.25, -0.2) is 0 Å². The molecule has 0 rings (SSSR count). The summed E-state index contributed by atoms with van der Waals surface area (Å²) in [5, 5.41) is 0. The normalized spacial score (nSPS) is 18.5. The van der Waals surface area contributed by atoms with E-state index in [2.05, 4.69) is 48.5 Å². The summed E-state index contributed by atoms with van der Waals surface area (Å²) in [5.74, 6) is 1.28. The summed E-state index contributed by atoms with van der Waals surface area (Å²) >= 11 is 4.80. The molecular weight excluding hydrogens is 164 g/mol. The average molecular weight is 188 g/mol. The molecule has 12 heavy (non-hydrogen) atoms. The van der Waals surface area contributed by atoms with Crippen LogP contribution in [0, 0.1) is 17.3 Å². The SMILES string of the molecule is CC(C)C(C)(C)C(C)(S)C(C)C. The molecule has 1 atom stereocenters. The molecule has 0 aliphatic rings. The molecular formula is C11H24S. The minimum Gasteiger partial charge on any atom is -0.172 e. The third-order valence-electron chi connectivity index (χ3n) is 3.87. The second-order valence-electron chi connectivity index (χ2n) is 5.18. The molecule has 0 aromatic rings. The zero-order valence-corrected chi connectivity index (χ0v) is 10.5. The summed E-state index contributed by atoms with van der Waals surface area (Å²) in [6.07, 6.45) is 0. The maximum absolute atomic E-state index is 4.80. The topological polar surface area (TPSA) is 0 Å². The highest BCUT2D eigenvalue weighted by Crippen LogP contribution is 2.46. The van der Waals surface area contributed by atoms with Gasteiger partial charge in [0.1, 0.15) is 0 Å². The van der Waals surface area contributed by atoms with Crippen molar-refractivity contribution >= 4 is 12.6 Å². The van der Waals surface area contributed by atoms with Crippen molar-refractivity contribution in [2.75, 3.05) is 0 Å². The van der Waals surface area contributed by atoms with E-state index in [1.54, 1.807) is 0 Å². The lowest BCUT2D eigenvalue weighted by Gasteiger charge is -2.46. The summed E-state index contributed by atoms with van der Waals surface area (Å²) in [6.45, 7) is 15.9. The van der Waals surface area contributed by atoms with E-state index < -0.39 is 0 Å². The highest BCUT2D eigenvalue weighted by molar-refractivity contribution is 7.81. The Balaban J connectivity index is 4.75. The van der Waals surface area contributed by atoms with Crippen molar-refractivity contribution in [3.63, 3.8) is 0 Å². The highest BCUT2D eigenvalue weighted by Gasteiger charge is 2.42. The molecule has 0 aliphatic heterocycles. The highest BCUT2D eigenvalue weighted by atomic mass is 32.1. The number of thiol groups is 1. The lowest BCUT2D eigenvalue weighted by Crippen LogP contribution is -2.44. The lowest BCUT2D eigenvalue weighted by molar-refractivity contribution is 0.145. The van der Waals surface area contributed by atoms with Gasteiger partial charge in [-0.2, -0.15) is 12.6 Å². The van der Waals surface area contributed by atoms with Crippen molar-refractivity contribution in [3.05, 3.63) is 0 Å². The van der Waals surface area contributed by atoms with Crippen LogP contribution in [0.1, 0.15) is 48.5 Å². The van der Waals surface area contributed by atoms with Crippen molar-refractivity contribution in [2.24, 2.45) is 17.3 Å². The Morgan fingerprint density at radius 1 is 0.833 bits per heavy atom. The van der Waals surface area contributed by atoms with Crippen LogP contribution in [-0.4, -0.2) is 4.75 Å². The fourth-order valence-corrected chi connectivity index (χ4v) is 1.59. The molecule has 0 saturated carbocycles. The Labute approximate surface area is 83.5 Å². The molecule has 0 aromatic carbocycles. The molecule has 0 spiro atoms. The fourth-order valence-electron chi connectivity index (χ4n) is 1.33. The van der Waals surface area contributed by atoms with E-state index in [1.807, 2.05) is 0 Å². The molecule has 0 N–H and O–H groups in total. The molecule has 0 nitrogen and oxygen atoms in total. The van der Waals surface area contributed by atoms with E-state index in [0.717, 1.165) is 0 Å². The molecule has 1 heteroatoms. The summed E-state index contributed by atoms with van der Waals surface area (Å²) in [4.78, 5) is 0. The zero-order valence-electron chi connectivity index (χ0n) is 9.60. The molecule has 0 amide bonds. The number of hydrogen-bond acceptors (Lipinski definition) is 1. The van der Waals surface area contributed by atoms with E-state index in [0.29, 0.717) is 11.8 Å². The maximum Gasteiger partial charge on any atom is 0.0178 e. The van der Waals surface area contributed by atoms with Crippen molar-refractivity contribution in [1.29, 1.82) is 0 Å². The predicted molar refractivity (Wildman–Crippen MR) is 60.8 cm³/mol. The van der Waals surface area contributed by atoms with Gasteiger partial charge in [-0.15, -0.1) is 0 Å². The van der Waals surface area contributed by atoms with Gasteiger partial charge >= 0.3 is 0 Å². The van der Waals surface area contributed by atoms with Gasteiger partial charge in [0.15, 0.2) is 0 Å². The van der Waals surface area contributed by atoms with Gasteiger partial charge in [-0.1, -0.05) is 41.5 Å². The fraction of sp³-hybridized carbons (Fsp3) is 1.00. The maximum atomic E-state index is 4.80. The van der Waals surface area contributed by atoms with E-state index in [4.69, 9.17) is 12.6 Å². The van der Waals surface area contributed by atoms with Crippen molar-refractivity contribution in [3.8, 4) is 0 Å². The number of rotatable bonds is 3. The molecule has 0 saturated heterocycles. The van der Waals surface area contributed by atoms with Crippen LogP contribution in [0.3, 0.4) is 0 Å². The van der Waals surface area contributed by atoms with Crippen molar-refractivity contribution in [1.82, 2.24) is 0 Å². The van der Waals surface area contributed by atoms with Crippen LogP contribution in [0.25, 0.3) is 0 Å². The predicted octanol–water partition coefficient (Wildman–Crippen LogP) is 4.01. The number of hydrogen-bond donors (Lipinski definition) is 1. The summed E-state index contributed by atoms with van der Waals surface area (Å²) in [7, 11) is 0. The van der Waals surface area contributed by atoms with E-state index in [-0.39, 0.29) is 10.2 Å². The first-order valence-electron chi connectivity index (χ1n) is 4.86. The Hall–Kier alpha value is 0.350. The first-order valence-corrected chi connectivity index (χ1v) is 5.31. The largest absolute Gasteiger partial charge is 0.172 e. The second kappa shape index (κ2) is 3.61. The summed E-state index contributed by atoms with van der Waals surface area (Å²) in [5.41, 5.74) is 0.282. The molecule has 0 aromatic heterocycles. The van der Waals surface area contributed by atoms with Gasteiger partial charge in [0.05, 0.1) is 0 Å². The van der Waals surface area contributed by atoms with E-state index in [9.17, 15) is 0 Å². The van der Waals surface area contributed by atoms with E-state index >= 15 is 0 Å². The molecule has 0 fully saturated rings. The third-order valence-corrected chi connectivity index (χ3v) is 4.96. The second-order valence-corrected chi connectivity index (χ2v) is 6.11. The molecule has 74 valence electrons. The van der Waals surface area contributed by atoms with Crippen LogP contribution in [0.5, 0.6) is 0 Å². The van der Waals surface area contributed by atoms with Gasteiger partial charge < -0.3 is 0 Å². The van der Waals surface area contributed by atoms with E-state index in [1.165, 1.54) is 0 Å². The van der Waals surface area contributed by atoms with Crippen LogP contribution >= 0.6 is 12.6 Å². The minimum atomic E-state index is 0.112. The molecule has 0 radical (unpaired) electrons. The van der Waals surface area contributed by atoms with Crippen molar-refractivity contribution < 1.29 is 0 Å². The minimum absolute atomic E-state index is 0.112. The molecule has 0 aliphatic carbocycles. The standard InChI is InChI=1S/C11H24S/c1-8(2)10(5,6)11(7,12)9(3)4/h8-9,12H,1-7H3. The quantitative estimate of drug-likeness (QED) is 0.636. The van der Waals surface area contributed by atoms with Crippen LogP contribution in [0.4, 0.5) is 0 Å². The van der Waals surface area contributed by atoms with Crippen LogP contribution in [0.15, 0.2) is 0 Å². The van der Waals surface area contributed by atoms with Crippen molar-refractivity contribution in [2.45, 2.75) is 53.2 Å². The van der Waals surface area contributed by atoms with Gasteiger partial charge in [-0.3, -0.25) is 0 Å². The average Bonchev–Trinajstić information content (AvgIpc) is 1.86. The Morgan fingerprint density at radius 2 is 1.17 bits per heavy atom. The third kappa shape index (κ3) is 1.99. The Kier molecular flexibility index (Phi) is 3.72. The Bertz CT molecular complexity index is 125. The smallest absolute Gasteiger partial charge is 0.0178 e. The van der Waals surface area contributed by atoms with Crippen LogP contribution < -0.4 is 0 Å². The van der Waals surface area contributed by atoms with Gasteiger partial charge in [0.2, 0.25) is 0 Å². The first kappa shape index (κ1) is 12.3. The van der Waals surface area contributed by atoms with Gasteiger partial charge in [-0.05, 0) is 24.2 Å². The molecule has 1 unspecified atom stereocenters. The van der Waals surface area contributed by atoms with Gasteiger partial charge in [0, 0.05) is 4.75 Å². The van der Waals surface area contributed by atoms with Crippen LogP contribution in [0.2, 0.25) is 0 Å². The Morgan fingerprint density at radius 3 is 1.25 bits per heavy atom.